The van der Waals surface area contributed by atoms with E-state index in [1.54, 1.807) is 24.3 Å². The lowest BCUT2D eigenvalue weighted by Gasteiger charge is -2.05. The number of thioether (sulfide) groups is 1. The van der Waals surface area contributed by atoms with Gasteiger partial charge in [0, 0.05) is 17.0 Å². The van der Waals surface area contributed by atoms with Crippen molar-refractivity contribution in [3.8, 4) is 0 Å². The van der Waals surface area contributed by atoms with Crippen molar-refractivity contribution >= 4 is 55.8 Å². The summed E-state index contributed by atoms with van der Waals surface area (Å²) in [6.45, 7) is 0. The lowest BCUT2D eigenvalue weighted by Crippen LogP contribution is -2.14. The first-order valence-electron chi connectivity index (χ1n) is 7.19. The Morgan fingerprint density at radius 1 is 1.24 bits per heavy atom. The highest BCUT2D eigenvalue weighted by molar-refractivity contribution is 7.99. The molecule has 1 heterocycles. The van der Waals surface area contributed by atoms with Crippen molar-refractivity contribution in [3.63, 3.8) is 0 Å². The summed E-state index contributed by atoms with van der Waals surface area (Å²) in [6, 6.07) is 11.4. The third-order valence-corrected chi connectivity index (χ3v) is 5.57. The van der Waals surface area contributed by atoms with Gasteiger partial charge < -0.3 is 10.3 Å². The molecule has 0 radical (unpaired) electrons. The number of carbonyl (C=O) groups is 1. The highest BCUT2D eigenvalue weighted by atomic mass is 35.5. The Balaban J connectivity index is 1.60. The lowest BCUT2D eigenvalue weighted by atomic mass is 10.3. The van der Waals surface area contributed by atoms with Crippen LogP contribution in [0.3, 0.4) is 0 Å². The van der Waals surface area contributed by atoms with Gasteiger partial charge in [-0.3, -0.25) is 4.79 Å². The van der Waals surface area contributed by atoms with Crippen molar-refractivity contribution < 1.29 is 13.2 Å². The van der Waals surface area contributed by atoms with Crippen molar-refractivity contribution in [2.45, 2.75) is 10.1 Å². The van der Waals surface area contributed by atoms with E-state index in [9.17, 15) is 13.2 Å². The molecule has 0 atom stereocenters. The van der Waals surface area contributed by atoms with Crippen LogP contribution in [0.1, 0.15) is 0 Å². The highest BCUT2D eigenvalue weighted by Crippen LogP contribution is 2.22. The molecule has 9 heteroatoms. The fourth-order valence-corrected chi connectivity index (χ4v) is 3.63. The summed E-state index contributed by atoms with van der Waals surface area (Å²) in [5.41, 5.74) is 2.13. The molecule has 0 aliphatic rings. The zero-order chi connectivity index (χ0) is 18.0. The first-order valence-corrected chi connectivity index (χ1v) is 10.4. The van der Waals surface area contributed by atoms with E-state index in [0.29, 0.717) is 15.9 Å². The Kier molecular flexibility index (Phi) is 5.03. The zero-order valence-electron chi connectivity index (χ0n) is 13.1. The number of sulfone groups is 1. The molecule has 1 aromatic heterocycles. The van der Waals surface area contributed by atoms with Crippen LogP contribution >= 0.6 is 23.4 Å². The smallest absolute Gasteiger partial charge is 0.234 e. The highest BCUT2D eigenvalue weighted by Gasteiger charge is 2.10. The number of hydrogen-bond donors (Lipinski definition) is 2. The molecule has 0 aliphatic heterocycles. The number of anilines is 1. The lowest BCUT2D eigenvalue weighted by molar-refractivity contribution is -0.113. The minimum Gasteiger partial charge on any atom is -0.333 e. The quantitative estimate of drug-likeness (QED) is 0.646. The number of H-pyrrole nitrogens is 1. The molecule has 6 nitrogen and oxygen atoms in total. The molecule has 0 saturated carbocycles. The Hall–Kier alpha value is -2.03. The number of rotatable bonds is 5. The normalized spacial score (nSPS) is 11.6. The number of amides is 1. The van der Waals surface area contributed by atoms with Gasteiger partial charge >= 0.3 is 0 Å². The number of aromatic amines is 1. The van der Waals surface area contributed by atoms with E-state index in [0.717, 1.165) is 17.3 Å². The Labute approximate surface area is 153 Å². The van der Waals surface area contributed by atoms with E-state index >= 15 is 0 Å². The molecule has 3 aromatic rings. The van der Waals surface area contributed by atoms with Gasteiger partial charge in [0.25, 0.3) is 0 Å². The number of halogens is 1. The number of aromatic nitrogens is 2. The molecule has 1 amide bonds. The van der Waals surface area contributed by atoms with Crippen LogP contribution < -0.4 is 5.32 Å². The van der Waals surface area contributed by atoms with Gasteiger partial charge in [-0.25, -0.2) is 13.4 Å². The maximum absolute atomic E-state index is 12.0. The van der Waals surface area contributed by atoms with E-state index in [1.165, 1.54) is 23.9 Å². The van der Waals surface area contributed by atoms with Gasteiger partial charge in [-0.05, 0) is 42.5 Å². The third-order valence-electron chi connectivity index (χ3n) is 3.33. The van der Waals surface area contributed by atoms with Crippen LogP contribution in [-0.4, -0.2) is 36.3 Å². The van der Waals surface area contributed by atoms with Gasteiger partial charge in [0.15, 0.2) is 15.0 Å². The average Bonchev–Trinajstić information content (AvgIpc) is 2.94. The molecule has 25 heavy (non-hydrogen) atoms. The third kappa shape index (κ3) is 4.53. The monoisotopic (exact) mass is 395 g/mol. The molecular weight excluding hydrogens is 382 g/mol. The number of imidazole rings is 1. The van der Waals surface area contributed by atoms with E-state index in [4.69, 9.17) is 11.6 Å². The first kappa shape index (κ1) is 17.8. The van der Waals surface area contributed by atoms with Crippen molar-refractivity contribution in [2.24, 2.45) is 0 Å². The first-order chi connectivity index (χ1) is 11.8. The predicted octanol–water partition coefficient (Wildman–Crippen LogP) is 3.35. The van der Waals surface area contributed by atoms with Crippen LogP contribution in [0.4, 0.5) is 5.69 Å². The molecule has 0 bridgehead atoms. The zero-order valence-corrected chi connectivity index (χ0v) is 15.5. The fourth-order valence-electron chi connectivity index (χ4n) is 2.14. The van der Waals surface area contributed by atoms with Crippen molar-refractivity contribution in [3.05, 3.63) is 47.5 Å². The van der Waals surface area contributed by atoms with Gasteiger partial charge in [-0.2, -0.15) is 0 Å². The van der Waals surface area contributed by atoms with Crippen LogP contribution in [-0.2, 0) is 14.6 Å². The molecule has 0 unspecified atom stereocenters. The summed E-state index contributed by atoms with van der Waals surface area (Å²) in [7, 11) is -3.25. The molecule has 130 valence electrons. The molecule has 2 aromatic carbocycles. The molecule has 0 saturated heterocycles. The number of hydrogen-bond acceptors (Lipinski definition) is 5. The topological polar surface area (TPSA) is 91.9 Å². The van der Waals surface area contributed by atoms with Crippen LogP contribution in [0.5, 0.6) is 0 Å². The number of benzene rings is 2. The maximum atomic E-state index is 12.0. The maximum Gasteiger partial charge on any atom is 0.234 e. The van der Waals surface area contributed by atoms with Gasteiger partial charge in [0.05, 0.1) is 21.7 Å². The summed E-state index contributed by atoms with van der Waals surface area (Å²) in [5, 5.41) is 3.96. The van der Waals surface area contributed by atoms with Gasteiger partial charge in [0.2, 0.25) is 5.91 Å². The summed E-state index contributed by atoms with van der Waals surface area (Å²) in [6.07, 6.45) is 1.14. The average molecular weight is 396 g/mol. The van der Waals surface area contributed by atoms with Gasteiger partial charge in [0.1, 0.15) is 0 Å². The second-order valence-electron chi connectivity index (χ2n) is 5.34. The van der Waals surface area contributed by atoms with E-state index in [2.05, 4.69) is 15.3 Å². The standard InChI is InChI=1S/C16H14ClN3O3S2/c1-25(22,23)12-5-3-11(4-6-12)18-15(21)9-24-16-19-13-7-2-10(17)8-14(13)20-16/h2-8H,9H2,1H3,(H,18,21)(H,19,20). The SMILES string of the molecule is CS(=O)(=O)c1ccc(NC(=O)CSc2nc3ccc(Cl)cc3[nH]2)cc1. The Morgan fingerprint density at radius 2 is 1.96 bits per heavy atom. The number of nitrogens with one attached hydrogen (secondary N) is 2. The molecule has 2 N–H and O–H groups in total. The molecule has 0 aliphatic carbocycles. The van der Waals surface area contributed by atoms with Crippen LogP contribution in [0.15, 0.2) is 52.5 Å². The van der Waals surface area contributed by atoms with Crippen LogP contribution in [0, 0.1) is 0 Å². The summed E-state index contributed by atoms with van der Waals surface area (Å²) >= 11 is 7.20. The van der Waals surface area contributed by atoms with Crippen LogP contribution in [0.2, 0.25) is 5.02 Å². The van der Waals surface area contributed by atoms with Gasteiger partial charge in [-0.1, -0.05) is 23.4 Å². The molecule has 0 spiro atoms. The van der Waals surface area contributed by atoms with Crippen molar-refractivity contribution in [1.29, 1.82) is 0 Å². The van der Waals surface area contributed by atoms with Crippen molar-refractivity contribution in [2.75, 3.05) is 17.3 Å². The largest absolute Gasteiger partial charge is 0.333 e. The minimum atomic E-state index is -3.25. The second kappa shape index (κ2) is 7.07. The van der Waals surface area contributed by atoms with Gasteiger partial charge in [-0.15, -0.1) is 0 Å². The Morgan fingerprint density at radius 3 is 2.64 bits per heavy atom. The second-order valence-corrected chi connectivity index (χ2v) is 8.75. The molecule has 3 rings (SSSR count). The van der Waals surface area contributed by atoms with E-state index < -0.39 is 9.84 Å². The number of fused-ring (bicyclic) bond motifs is 1. The van der Waals surface area contributed by atoms with E-state index in [-0.39, 0.29) is 16.6 Å². The minimum absolute atomic E-state index is 0.168. The summed E-state index contributed by atoms with van der Waals surface area (Å²) in [5.74, 6) is -0.0444. The van der Waals surface area contributed by atoms with Crippen LogP contribution in [0.25, 0.3) is 11.0 Å². The number of nitrogens with zero attached hydrogens (tertiary/aromatic N) is 1. The Bertz CT molecular complexity index is 1030. The number of carbonyl (C=O) groups excluding carboxylic acids is 1. The summed E-state index contributed by atoms with van der Waals surface area (Å²) < 4.78 is 22.8. The van der Waals surface area contributed by atoms with Crippen molar-refractivity contribution in [1.82, 2.24) is 9.97 Å². The summed E-state index contributed by atoms with van der Waals surface area (Å²) in [4.78, 5) is 19.7. The predicted molar refractivity (Wildman–Crippen MR) is 100 cm³/mol. The molecular formula is C16H14ClN3O3S2. The fraction of sp³-hybridized carbons (Fsp3) is 0.125. The molecule has 0 fully saturated rings. The van der Waals surface area contributed by atoms with E-state index in [1.807, 2.05) is 6.07 Å².